The lowest BCUT2D eigenvalue weighted by atomic mass is 10.1. The van der Waals surface area contributed by atoms with Gasteiger partial charge in [0.15, 0.2) is 0 Å². The first-order valence-electron chi connectivity index (χ1n) is 5.40. The molecule has 17 heavy (non-hydrogen) atoms. The normalized spacial score (nSPS) is 10.3. The minimum Gasteiger partial charge on any atom is -0.392 e. The maximum absolute atomic E-state index is 12.8. The van der Waals surface area contributed by atoms with Gasteiger partial charge in [0.05, 0.1) is 6.61 Å². The SMILES string of the molecule is CN(c1ccc(F)cc1)c1ccccc1CO. The van der Waals surface area contributed by atoms with Crippen LogP contribution in [-0.4, -0.2) is 12.2 Å². The molecule has 2 rings (SSSR count). The lowest BCUT2D eigenvalue weighted by Gasteiger charge is -2.22. The van der Waals surface area contributed by atoms with E-state index in [4.69, 9.17) is 0 Å². The van der Waals surface area contributed by atoms with E-state index in [1.165, 1.54) is 12.1 Å². The molecule has 0 saturated carbocycles. The van der Waals surface area contributed by atoms with E-state index in [9.17, 15) is 9.50 Å². The molecule has 0 aliphatic rings. The van der Waals surface area contributed by atoms with E-state index in [2.05, 4.69) is 0 Å². The third-order valence-corrected chi connectivity index (χ3v) is 2.74. The van der Waals surface area contributed by atoms with Gasteiger partial charge in [0, 0.05) is 24.0 Å². The van der Waals surface area contributed by atoms with E-state index in [-0.39, 0.29) is 12.4 Å². The van der Waals surface area contributed by atoms with Gasteiger partial charge in [-0.2, -0.15) is 0 Å². The molecule has 88 valence electrons. The largest absolute Gasteiger partial charge is 0.392 e. The van der Waals surface area contributed by atoms with Gasteiger partial charge in [0.2, 0.25) is 0 Å². The van der Waals surface area contributed by atoms with Crippen molar-refractivity contribution in [2.24, 2.45) is 0 Å². The molecule has 0 bridgehead atoms. The summed E-state index contributed by atoms with van der Waals surface area (Å²) in [4.78, 5) is 1.92. The van der Waals surface area contributed by atoms with Crippen molar-refractivity contribution in [2.75, 3.05) is 11.9 Å². The number of hydrogen-bond acceptors (Lipinski definition) is 2. The van der Waals surface area contributed by atoms with Crippen molar-refractivity contribution in [2.45, 2.75) is 6.61 Å². The average Bonchev–Trinajstić information content (AvgIpc) is 2.39. The molecule has 2 aromatic carbocycles. The molecule has 0 aliphatic heterocycles. The van der Waals surface area contributed by atoms with Crippen LogP contribution >= 0.6 is 0 Å². The highest BCUT2D eigenvalue weighted by molar-refractivity contribution is 5.65. The molecular formula is C14H14FNO. The van der Waals surface area contributed by atoms with Crippen LogP contribution in [-0.2, 0) is 6.61 Å². The Hall–Kier alpha value is -1.87. The van der Waals surface area contributed by atoms with Gasteiger partial charge in [0.1, 0.15) is 5.82 Å². The van der Waals surface area contributed by atoms with Crippen LogP contribution in [0.2, 0.25) is 0 Å². The van der Waals surface area contributed by atoms with Crippen LogP contribution in [0, 0.1) is 5.82 Å². The van der Waals surface area contributed by atoms with Gasteiger partial charge >= 0.3 is 0 Å². The quantitative estimate of drug-likeness (QED) is 0.877. The molecule has 0 heterocycles. The molecule has 0 saturated heterocycles. The highest BCUT2D eigenvalue weighted by Gasteiger charge is 2.07. The van der Waals surface area contributed by atoms with Crippen molar-refractivity contribution in [3.05, 3.63) is 59.9 Å². The Morgan fingerprint density at radius 2 is 1.71 bits per heavy atom. The van der Waals surface area contributed by atoms with Crippen molar-refractivity contribution in [3.8, 4) is 0 Å². The number of rotatable bonds is 3. The number of nitrogens with zero attached hydrogens (tertiary/aromatic N) is 1. The maximum Gasteiger partial charge on any atom is 0.123 e. The smallest absolute Gasteiger partial charge is 0.123 e. The van der Waals surface area contributed by atoms with E-state index in [0.29, 0.717) is 0 Å². The monoisotopic (exact) mass is 231 g/mol. The highest BCUT2D eigenvalue weighted by Crippen LogP contribution is 2.26. The molecule has 0 fully saturated rings. The van der Waals surface area contributed by atoms with E-state index >= 15 is 0 Å². The minimum absolute atomic E-state index is 0.0122. The molecule has 0 atom stereocenters. The number of para-hydroxylation sites is 1. The molecule has 0 amide bonds. The minimum atomic E-state index is -0.252. The molecule has 0 spiro atoms. The van der Waals surface area contributed by atoms with Crippen molar-refractivity contribution >= 4 is 11.4 Å². The molecule has 0 unspecified atom stereocenters. The number of aliphatic hydroxyl groups excluding tert-OH is 1. The van der Waals surface area contributed by atoms with Crippen LogP contribution in [0.1, 0.15) is 5.56 Å². The van der Waals surface area contributed by atoms with E-state index in [1.54, 1.807) is 12.1 Å². The summed E-state index contributed by atoms with van der Waals surface area (Å²) in [7, 11) is 1.89. The highest BCUT2D eigenvalue weighted by atomic mass is 19.1. The summed E-state index contributed by atoms with van der Waals surface area (Å²) < 4.78 is 12.8. The standard InChI is InChI=1S/C14H14FNO/c1-16(13-8-6-12(15)7-9-13)14-5-3-2-4-11(14)10-17/h2-9,17H,10H2,1H3. The Balaban J connectivity index is 2.36. The second-order valence-electron chi connectivity index (χ2n) is 3.82. The topological polar surface area (TPSA) is 23.5 Å². The number of aliphatic hydroxyl groups is 1. The van der Waals surface area contributed by atoms with E-state index in [1.807, 2.05) is 36.2 Å². The molecule has 3 heteroatoms. The van der Waals surface area contributed by atoms with Crippen LogP contribution in [0.25, 0.3) is 0 Å². The zero-order chi connectivity index (χ0) is 12.3. The lowest BCUT2D eigenvalue weighted by Crippen LogP contribution is -2.11. The van der Waals surface area contributed by atoms with Crippen LogP contribution in [0.3, 0.4) is 0 Å². The first-order chi connectivity index (χ1) is 8.22. The summed E-state index contributed by atoms with van der Waals surface area (Å²) >= 11 is 0. The van der Waals surface area contributed by atoms with Crippen LogP contribution < -0.4 is 4.90 Å². The Bertz CT molecular complexity index is 496. The average molecular weight is 231 g/mol. The number of halogens is 1. The van der Waals surface area contributed by atoms with Gasteiger partial charge in [-0.3, -0.25) is 0 Å². The van der Waals surface area contributed by atoms with Gasteiger partial charge in [-0.25, -0.2) is 4.39 Å². The molecule has 2 aromatic rings. The summed E-state index contributed by atoms with van der Waals surface area (Å²) in [6, 6.07) is 13.9. The van der Waals surface area contributed by atoms with Crippen molar-refractivity contribution in [1.82, 2.24) is 0 Å². The second kappa shape index (κ2) is 4.97. The van der Waals surface area contributed by atoms with Crippen LogP contribution in [0.4, 0.5) is 15.8 Å². The summed E-state index contributed by atoms with van der Waals surface area (Å²) in [5, 5.41) is 9.27. The summed E-state index contributed by atoms with van der Waals surface area (Å²) in [6.07, 6.45) is 0. The van der Waals surface area contributed by atoms with Crippen molar-refractivity contribution in [1.29, 1.82) is 0 Å². The molecule has 0 radical (unpaired) electrons. The van der Waals surface area contributed by atoms with Crippen molar-refractivity contribution < 1.29 is 9.50 Å². The van der Waals surface area contributed by atoms with E-state index < -0.39 is 0 Å². The van der Waals surface area contributed by atoms with Gasteiger partial charge in [-0.15, -0.1) is 0 Å². The second-order valence-corrected chi connectivity index (χ2v) is 3.82. The first kappa shape index (κ1) is 11.6. The Morgan fingerprint density at radius 1 is 1.06 bits per heavy atom. The molecule has 2 nitrogen and oxygen atoms in total. The zero-order valence-corrected chi connectivity index (χ0v) is 9.60. The zero-order valence-electron chi connectivity index (χ0n) is 9.60. The lowest BCUT2D eigenvalue weighted by molar-refractivity contribution is 0.282. The summed E-state index contributed by atoms with van der Waals surface area (Å²) in [6.45, 7) is -0.0122. The van der Waals surface area contributed by atoms with Gasteiger partial charge < -0.3 is 10.0 Å². The molecule has 0 aromatic heterocycles. The number of hydrogen-bond donors (Lipinski definition) is 1. The fourth-order valence-corrected chi connectivity index (χ4v) is 1.78. The van der Waals surface area contributed by atoms with Gasteiger partial charge in [0.25, 0.3) is 0 Å². The number of benzene rings is 2. The summed E-state index contributed by atoms with van der Waals surface area (Å²) in [5.41, 5.74) is 2.65. The fourth-order valence-electron chi connectivity index (χ4n) is 1.78. The third kappa shape index (κ3) is 2.45. The molecular weight excluding hydrogens is 217 g/mol. The van der Waals surface area contributed by atoms with Crippen LogP contribution in [0.5, 0.6) is 0 Å². The van der Waals surface area contributed by atoms with Crippen LogP contribution in [0.15, 0.2) is 48.5 Å². The van der Waals surface area contributed by atoms with Gasteiger partial charge in [-0.1, -0.05) is 18.2 Å². The third-order valence-electron chi connectivity index (χ3n) is 2.74. The fraction of sp³-hybridized carbons (Fsp3) is 0.143. The van der Waals surface area contributed by atoms with Gasteiger partial charge in [-0.05, 0) is 30.3 Å². The predicted molar refractivity (Wildman–Crippen MR) is 66.8 cm³/mol. The van der Waals surface area contributed by atoms with Crippen molar-refractivity contribution in [3.63, 3.8) is 0 Å². The first-order valence-corrected chi connectivity index (χ1v) is 5.40. The number of anilines is 2. The maximum atomic E-state index is 12.8. The predicted octanol–water partition coefficient (Wildman–Crippen LogP) is 3.09. The Morgan fingerprint density at radius 3 is 2.35 bits per heavy atom. The molecule has 1 N–H and O–H groups in total. The Kier molecular flexibility index (Phi) is 3.40. The Labute approximate surface area is 99.9 Å². The van der Waals surface area contributed by atoms with E-state index in [0.717, 1.165) is 16.9 Å². The molecule has 0 aliphatic carbocycles. The summed E-state index contributed by atoms with van der Waals surface area (Å²) in [5.74, 6) is -0.252.